The van der Waals surface area contributed by atoms with E-state index >= 15 is 0 Å². The van der Waals surface area contributed by atoms with Crippen LogP contribution in [0.3, 0.4) is 0 Å². The van der Waals surface area contributed by atoms with Gasteiger partial charge in [-0.25, -0.2) is 0 Å². The quantitative estimate of drug-likeness (QED) is 0.868. The average molecular weight is 290 g/mol. The normalized spacial score (nSPS) is 20.2. The molecule has 1 aliphatic rings. The van der Waals surface area contributed by atoms with Gasteiger partial charge in [-0.2, -0.15) is 0 Å². The van der Waals surface area contributed by atoms with Crippen LogP contribution in [0.15, 0.2) is 24.3 Å². The van der Waals surface area contributed by atoms with Gasteiger partial charge in [-0.05, 0) is 69.9 Å². The van der Waals surface area contributed by atoms with Crippen LogP contribution in [0, 0.1) is 5.92 Å². The van der Waals surface area contributed by atoms with Crippen molar-refractivity contribution in [2.75, 3.05) is 26.7 Å². The van der Waals surface area contributed by atoms with Gasteiger partial charge in [0.1, 0.15) is 5.75 Å². The van der Waals surface area contributed by atoms with Crippen molar-refractivity contribution in [3.63, 3.8) is 0 Å². The van der Waals surface area contributed by atoms with E-state index in [-0.39, 0.29) is 0 Å². The van der Waals surface area contributed by atoms with Gasteiger partial charge in [-0.1, -0.05) is 19.1 Å². The molecule has 1 unspecified atom stereocenters. The minimum atomic E-state index is 0.384. The van der Waals surface area contributed by atoms with Crippen LogP contribution in [0.2, 0.25) is 0 Å². The molecule has 3 nitrogen and oxygen atoms in total. The first-order chi connectivity index (χ1) is 10.1. The van der Waals surface area contributed by atoms with E-state index in [1.54, 1.807) is 7.11 Å². The third kappa shape index (κ3) is 4.45. The minimum absolute atomic E-state index is 0.384. The molecular formula is C18H30N2O. The van der Waals surface area contributed by atoms with Crippen molar-refractivity contribution < 1.29 is 4.74 Å². The highest BCUT2D eigenvalue weighted by atomic mass is 16.5. The van der Waals surface area contributed by atoms with Crippen molar-refractivity contribution in [1.82, 2.24) is 10.2 Å². The van der Waals surface area contributed by atoms with Crippen LogP contribution >= 0.6 is 0 Å². The van der Waals surface area contributed by atoms with E-state index in [2.05, 4.69) is 43.1 Å². The Morgan fingerprint density at radius 3 is 2.33 bits per heavy atom. The Morgan fingerprint density at radius 2 is 1.81 bits per heavy atom. The lowest BCUT2D eigenvalue weighted by molar-refractivity contribution is 0.165. The lowest BCUT2D eigenvalue weighted by atomic mass is 9.89. The first-order valence-corrected chi connectivity index (χ1v) is 8.26. The summed E-state index contributed by atoms with van der Waals surface area (Å²) >= 11 is 0. The van der Waals surface area contributed by atoms with Gasteiger partial charge in [-0.3, -0.25) is 0 Å². The lowest BCUT2D eigenvalue weighted by Gasteiger charge is -2.35. The topological polar surface area (TPSA) is 24.5 Å². The summed E-state index contributed by atoms with van der Waals surface area (Å²) in [5.41, 5.74) is 1.33. The van der Waals surface area contributed by atoms with E-state index in [0.717, 1.165) is 11.7 Å². The zero-order valence-corrected chi connectivity index (χ0v) is 13.9. The highest BCUT2D eigenvalue weighted by Gasteiger charge is 2.24. The summed E-state index contributed by atoms with van der Waals surface area (Å²) in [7, 11) is 1.71. The molecule has 118 valence electrons. The maximum Gasteiger partial charge on any atom is 0.118 e. The second-order valence-corrected chi connectivity index (χ2v) is 6.22. The maximum atomic E-state index is 5.22. The fraction of sp³-hybridized carbons (Fsp3) is 0.667. The van der Waals surface area contributed by atoms with Gasteiger partial charge in [0.2, 0.25) is 0 Å². The molecule has 1 aromatic carbocycles. The Hall–Kier alpha value is -1.06. The van der Waals surface area contributed by atoms with Gasteiger partial charge < -0.3 is 15.0 Å². The number of hydrogen-bond donors (Lipinski definition) is 1. The van der Waals surface area contributed by atoms with E-state index in [1.807, 2.05) is 12.1 Å². The second kappa shape index (κ2) is 7.81. The fourth-order valence-corrected chi connectivity index (χ4v) is 3.29. The van der Waals surface area contributed by atoms with E-state index in [4.69, 9.17) is 4.74 Å². The van der Waals surface area contributed by atoms with Crippen LogP contribution in [-0.2, 0) is 0 Å². The Kier molecular flexibility index (Phi) is 6.07. The largest absolute Gasteiger partial charge is 0.497 e. The fourth-order valence-electron chi connectivity index (χ4n) is 3.29. The molecule has 0 amide bonds. The molecule has 0 aromatic heterocycles. The zero-order chi connectivity index (χ0) is 15.2. The van der Waals surface area contributed by atoms with Crippen LogP contribution < -0.4 is 10.1 Å². The van der Waals surface area contributed by atoms with Crippen LogP contribution in [0.25, 0.3) is 0 Å². The van der Waals surface area contributed by atoms with Crippen LogP contribution in [0.4, 0.5) is 0 Å². The van der Waals surface area contributed by atoms with Gasteiger partial charge in [0.25, 0.3) is 0 Å². The Morgan fingerprint density at radius 1 is 1.19 bits per heavy atom. The smallest absolute Gasteiger partial charge is 0.118 e. The molecule has 1 aromatic rings. The van der Waals surface area contributed by atoms with Gasteiger partial charge >= 0.3 is 0 Å². The van der Waals surface area contributed by atoms with Crippen molar-refractivity contribution in [2.45, 2.75) is 45.7 Å². The second-order valence-electron chi connectivity index (χ2n) is 6.22. The summed E-state index contributed by atoms with van der Waals surface area (Å²) < 4.78 is 5.22. The van der Waals surface area contributed by atoms with Crippen molar-refractivity contribution >= 4 is 0 Å². The first-order valence-electron chi connectivity index (χ1n) is 8.26. The zero-order valence-electron chi connectivity index (χ0n) is 13.9. The number of piperidine rings is 1. The summed E-state index contributed by atoms with van der Waals surface area (Å²) in [5.74, 6) is 1.72. The molecule has 3 heteroatoms. The van der Waals surface area contributed by atoms with Crippen molar-refractivity contribution in [3.8, 4) is 5.75 Å². The molecule has 0 aliphatic carbocycles. The molecule has 0 radical (unpaired) electrons. The number of nitrogens with one attached hydrogen (secondary N) is 1. The predicted octanol–water partition coefficient (Wildman–Crippen LogP) is 3.47. The number of rotatable bonds is 6. The van der Waals surface area contributed by atoms with Gasteiger partial charge in [0.15, 0.2) is 0 Å². The Bertz CT molecular complexity index is 410. The number of nitrogens with zero attached hydrogens (tertiary/aromatic N) is 1. The summed E-state index contributed by atoms with van der Waals surface area (Å²) in [5, 5.41) is 3.78. The molecule has 1 aliphatic heterocycles. The summed E-state index contributed by atoms with van der Waals surface area (Å²) in [4.78, 5) is 2.55. The van der Waals surface area contributed by atoms with E-state index < -0.39 is 0 Å². The maximum absolute atomic E-state index is 5.22. The molecular weight excluding hydrogens is 260 g/mol. The predicted molar refractivity (Wildman–Crippen MR) is 88.8 cm³/mol. The Labute approximate surface area is 129 Å². The molecule has 2 atom stereocenters. The molecule has 0 spiro atoms. The number of hydrogen-bond acceptors (Lipinski definition) is 3. The van der Waals surface area contributed by atoms with E-state index in [9.17, 15) is 0 Å². The van der Waals surface area contributed by atoms with E-state index in [1.165, 1.54) is 38.0 Å². The summed E-state index contributed by atoms with van der Waals surface area (Å²) in [6, 6.07) is 9.35. The highest BCUT2D eigenvalue weighted by molar-refractivity contribution is 5.28. The van der Waals surface area contributed by atoms with Crippen LogP contribution in [0.1, 0.15) is 45.2 Å². The highest BCUT2D eigenvalue weighted by Crippen LogP contribution is 2.23. The molecule has 1 fully saturated rings. The van der Waals surface area contributed by atoms with Gasteiger partial charge in [-0.15, -0.1) is 0 Å². The monoisotopic (exact) mass is 290 g/mol. The number of likely N-dealkylation sites (tertiary alicyclic amines) is 1. The van der Waals surface area contributed by atoms with Crippen molar-refractivity contribution in [3.05, 3.63) is 29.8 Å². The molecule has 0 bridgehead atoms. The third-order valence-electron chi connectivity index (χ3n) is 4.92. The van der Waals surface area contributed by atoms with Gasteiger partial charge in [0.05, 0.1) is 7.11 Å². The number of methoxy groups -OCH3 is 1. The van der Waals surface area contributed by atoms with Gasteiger partial charge in [0, 0.05) is 12.1 Å². The number of benzene rings is 1. The molecule has 1 saturated heterocycles. The van der Waals surface area contributed by atoms with Crippen molar-refractivity contribution in [1.29, 1.82) is 0 Å². The third-order valence-corrected chi connectivity index (χ3v) is 4.92. The SMILES string of the molecule is CCN1CCC(C(C)N[C@H](C)c2ccc(OC)cc2)CC1. The van der Waals surface area contributed by atoms with Crippen LogP contribution in [-0.4, -0.2) is 37.7 Å². The van der Waals surface area contributed by atoms with Crippen LogP contribution in [0.5, 0.6) is 5.75 Å². The van der Waals surface area contributed by atoms with E-state index in [0.29, 0.717) is 12.1 Å². The summed E-state index contributed by atoms with van der Waals surface area (Å²) in [6.07, 6.45) is 2.63. The standard InChI is InChI=1S/C18H30N2O/c1-5-20-12-10-17(11-13-20)15(3)19-14(2)16-6-8-18(21-4)9-7-16/h6-9,14-15,17,19H,5,10-13H2,1-4H3/t14-,15?/m1/s1. The Balaban J connectivity index is 1.85. The molecule has 1 N–H and O–H groups in total. The summed E-state index contributed by atoms with van der Waals surface area (Å²) in [6.45, 7) is 10.5. The molecule has 21 heavy (non-hydrogen) atoms. The lowest BCUT2D eigenvalue weighted by Crippen LogP contribution is -2.42. The molecule has 2 rings (SSSR count). The average Bonchev–Trinajstić information content (AvgIpc) is 2.55. The molecule has 0 saturated carbocycles. The van der Waals surface area contributed by atoms with Crippen molar-refractivity contribution in [2.24, 2.45) is 5.92 Å². The molecule has 1 heterocycles. The minimum Gasteiger partial charge on any atom is -0.497 e. The number of ether oxygens (including phenoxy) is 1. The first kappa shape index (κ1) is 16.3.